The second-order valence-electron chi connectivity index (χ2n) is 22.6. The summed E-state index contributed by atoms with van der Waals surface area (Å²) >= 11 is 0. The topological polar surface area (TPSA) is 69.9 Å². The summed E-state index contributed by atoms with van der Waals surface area (Å²) in [7, 11) is 0. The van der Waals surface area contributed by atoms with Crippen LogP contribution in [0.3, 0.4) is 0 Å². The molecule has 0 radical (unpaired) electrons. The van der Waals surface area contributed by atoms with Crippen LogP contribution in [0.15, 0.2) is 24.3 Å². The van der Waals surface area contributed by atoms with Crippen molar-refractivity contribution in [3.63, 3.8) is 0 Å². The fourth-order valence-corrected chi connectivity index (χ4v) is 8.11. The number of benzene rings is 2. The predicted molar refractivity (Wildman–Crippen MR) is 238 cm³/mol. The molecule has 0 saturated heterocycles. The van der Waals surface area contributed by atoms with E-state index in [4.69, 9.17) is 4.74 Å². The highest BCUT2D eigenvalue weighted by Crippen LogP contribution is 2.51. The Kier molecular flexibility index (Phi) is 16.8. The summed E-state index contributed by atoms with van der Waals surface area (Å²) in [5, 5.41) is 34.0. The van der Waals surface area contributed by atoms with E-state index >= 15 is 0 Å². The molecule has 0 fully saturated rings. The summed E-state index contributed by atoms with van der Waals surface area (Å²) in [5.74, 6) is 0.801. The van der Waals surface area contributed by atoms with Crippen molar-refractivity contribution in [1.82, 2.24) is 0 Å². The van der Waals surface area contributed by atoms with Gasteiger partial charge in [0.25, 0.3) is 0 Å². The Morgan fingerprint density at radius 2 is 0.764 bits per heavy atom. The Morgan fingerprint density at radius 1 is 0.455 bits per heavy atom. The van der Waals surface area contributed by atoms with Gasteiger partial charge in [-0.05, 0) is 67.6 Å². The highest BCUT2D eigenvalue weighted by Gasteiger charge is 2.47. The van der Waals surface area contributed by atoms with Crippen LogP contribution in [0.4, 0.5) is 0 Å². The molecule has 0 heterocycles. The lowest BCUT2D eigenvalue weighted by molar-refractivity contribution is -0.0761. The van der Waals surface area contributed by atoms with E-state index in [1.165, 1.54) is 62.5 Å². The van der Waals surface area contributed by atoms with E-state index in [1.54, 1.807) is 0 Å². The zero-order valence-corrected chi connectivity index (χ0v) is 39.3. The molecule has 0 aliphatic heterocycles. The van der Waals surface area contributed by atoms with E-state index in [-0.39, 0.29) is 32.5 Å². The Morgan fingerprint density at radius 3 is 1.04 bits per heavy atom. The van der Waals surface area contributed by atoms with Crippen molar-refractivity contribution >= 4 is 0 Å². The van der Waals surface area contributed by atoms with Gasteiger partial charge in [-0.1, -0.05) is 200 Å². The molecule has 0 aromatic heterocycles. The monoisotopic (exact) mass is 765 g/mol. The van der Waals surface area contributed by atoms with Crippen molar-refractivity contribution < 1.29 is 20.1 Å². The molecule has 0 aliphatic carbocycles. The van der Waals surface area contributed by atoms with Crippen molar-refractivity contribution in [3.05, 3.63) is 63.2 Å². The molecule has 0 amide bonds. The summed E-state index contributed by atoms with van der Waals surface area (Å²) in [6.07, 6.45) is 11.2. The van der Waals surface area contributed by atoms with Gasteiger partial charge in [-0.3, -0.25) is 0 Å². The highest BCUT2D eigenvalue weighted by atomic mass is 16.5. The average Bonchev–Trinajstić information content (AvgIpc) is 3.06. The van der Waals surface area contributed by atoms with Crippen LogP contribution in [0.2, 0.25) is 0 Å². The smallest absolute Gasteiger partial charge is 0.137 e. The van der Waals surface area contributed by atoms with Gasteiger partial charge in [-0.2, -0.15) is 0 Å². The van der Waals surface area contributed by atoms with E-state index in [1.807, 2.05) is 0 Å². The molecule has 1 atom stereocenters. The van der Waals surface area contributed by atoms with Gasteiger partial charge in [0.1, 0.15) is 11.9 Å². The summed E-state index contributed by atoms with van der Waals surface area (Å²) in [5.41, 5.74) is 5.50. The van der Waals surface area contributed by atoms with Gasteiger partial charge >= 0.3 is 0 Å². The predicted octanol–water partition coefficient (Wildman–Crippen LogP) is 13.5. The first kappa shape index (κ1) is 49.3. The van der Waals surface area contributed by atoms with Gasteiger partial charge in [0.05, 0.1) is 25.2 Å². The average molecular weight is 765 g/mol. The third-order valence-corrected chi connectivity index (χ3v) is 12.4. The molecular weight excluding hydrogens is 677 g/mol. The Labute approximate surface area is 340 Å². The third-order valence-electron chi connectivity index (χ3n) is 12.4. The maximum absolute atomic E-state index is 11.3. The van der Waals surface area contributed by atoms with Gasteiger partial charge in [0.15, 0.2) is 0 Å². The number of rotatable bonds is 19. The van der Waals surface area contributed by atoms with Gasteiger partial charge in [0.2, 0.25) is 0 Å². The second-order valence-corrected chi connectivity index (χ2v) is 22.6. The summed E-state index contributed by atoms with van der Waals surface area (Å²) in [4.78, 5) is 0. The van der Waals surface area contributed by atoms with Gasteiger partial charge in [0, 0.05) is 16.7 Å². The fourth-order valence-electron chi connectivity index (χ4n) is 8.11. The third kappa shape index (κ3) is 12.3. The maximum Gasteiger partial charge on any atom is 0.137 e. The minimum atomic E-state index is -1.36. The molecule has 0 spiro atoms. The van der Waals surface area contributed by atoms with Crippen molar-refractivity contribution in [1.29, 1.82) is 0 Å². The molecule has 2 aromatic carbocycles. The number of hydrogen-bond acceptors (Lipinski definition) is 4. The van der Waals surface area contributed by atoms with Crippen LogP contribution >= 0.6 is 0 Å². The summed E-state index contributed by atoms with van der Waals surface area (Å²) in [6, 6.07) is 9.52. The van der Waals surface area contributed by atoms with Gasteiger partial charge < -0.3 is 20.1 Å². The van der Waals surface area contributed by atoms with E-state index < -0.39 is 31.3 Å². The molecule has 4 nitrogen and oxygen atoms in total. The standard InChI is InChI=1S/C51H88O4/c1-19-21-23-25-27-49(15,16)36-29-38(45(3,4)5)42(39(30-36)46(6,7)8)44(51(33-52,34-53)35-54)55-43-40(47(9,10)11)31-37(32-41(43)48(12,13)14)50(17,18)28-26-24-22-20-2/h29-32,44,52-54H,19-28,33-35H2,1-18H3. The van der Waals surface area contributed by atoms with Crippen molar-refractivity contribution in [2.24, 2.45) is 5.41 Å². The number of aliphatic hydroxyl groups is 3. The van der Waals surface area contributed by atoms with Gasteiger partial charge in [-0.25, -0.2) is 0 Å². The molecule has 2 aromatic rings. The molecular formula is C51H88O4. The first-order chi connectivity index (χ1) is 25.1. The highest BCUT2D eigenvalue weighted by molar-refractivity contribution is 5.55. The zero-order chi connectivity index (χ0) is 42.4. The molecule has 4 heteroatoms. The first-order valence-electron chi connectivity index (χ1n) is 22.0. The minimum Gasteiger partial charge on any atom is -0.484 e. The van der Waals surface area contributed by atoms with E-state index in [0.717, 1.165) is 46.4 Å². The fraction of sp³-hybridized carbons (Fsp3) is 0.765. The quantitative estimate of drug-likeness (QED) is 0.125. The summed E-state index contributed by atoms with van der Waals surface area (Å²) < 4.78 is 7.64. The van der Waals surface area contributed by atoms with Crippen LogP contribution in [-0.4, -0.2) is 35.1 Å². The number of unbranched alkanes of at least 4 members (excludes halogenated alkanes) is 6. The van der Waals surface area contributed by atoms with Crippen LogP contribution in [0.1, 0.15) is 234 Å². The Bertz CT molecular complexity index is 1420. The van der Waals surface area contributed by atoms with Crippen LogP contribution < -0.4 is 4.74 Å². The molecule has 1 unspecified atom stereocenters. The van der Waals surface area contributed by atoms with E-state index in [9.17, 15) is 15.3 Å². The minimum absolute atomic E-state index is 0.0330. The number of aliphatic hydroxyl groups excluding tert-OH is 3. The molecule has 0 saturated carbocycles. The van der Waals surface area contributed by atoms with Crippen LogP contribution in [0.25, 0.3) is 0 Å². The molecule has 55 heavy (non-hydrogen) atoms. The normalized spacial score (nSPS) is 14.4. The Balaban J connectivity index is 3.20. The SMILES string of the molecule is CCCCCCC(C)(C)c1cc(C(C)(C)C)c(OC(c2c(C(C)(C)C)cc(C(C)(C)CCCCCC)cc2C(C)(C)C)C(CO)(CO)CO)c(C(C)(C)C)c1. The Hall–Kier alpha value is -1.88. The lowest BCUT2D eigenvalue weighted by Gasteiger charge is -2.44. The van der Waals surface area contributed by atoms with E-state index in [0.29, 0.717) is 0 Å². The first-order valence-corrected chi connectivity index (χ1v) is 22.0. The maximum atomic E-state index is 11.3. The lowest BCUT2D eigenvalue weighted by atomic mass is 9.66. The largest absolute Gasteiger partial charge is 0.484 e. The molecule has 0 aliphatic rings. The van der Waals surface area contributed by atoms with Gasteiger partial charge in [-0.15, -0.1) is 0 Å². The van der Waals surface area contributed by atoms with Crippen LogP contribution in [0, 0.1) is 5.41 Å². The second kappa shape index (κ2) is 18.8. The molecule has 316 valence electrons. The van der Waals surface area contributed by atoms with E-state index in [2.05, 4.69) is 149 Å². The molecule has 0 bridgehead atoms. The van der Waals surface area contributed by atoms with Crippen molar-refractivity contribution in [3.8, 4) is 5.75 Å². The summed E-state index contributed by atoms with van der Waals surface area (Å²) in [6.45, 7) is 39.8. The van der Waals surface area contributed by atoms with Crippen LogP contribution in [0.5, 0.6) is 5.75 Å². The lowest BCUT2D eigenvalue weighted by Crippen LogP contribution is -2.45. The van der Waals surface area contributed by atoms with Crippen molar-refractivity contribution in [2.45, 2.75) is 227 Å². The van der Waals surface area contributed by atoms with Crippen molar-refractivity contribution in [2.75, 3.05) is 19.8 Å². The number of ether oxygens (including phenoxy) is 1. The molecule has 3 N–H and O–H groups in total. The van der Waals surface area contributed by atoms with Crippen LogP contribution in [-0.2, 0) is 32.5 Å². The molecule has 2 rings (SSSR count). The number of hydrogen-bond donors (Lipinski definition) is 3. The zero-order valence-electron chi connectivity index (χ0n) is 39.3.